The predicted octanol–water partition coefficient (Wildman–Crippen LogP) is 3.02. The second-order valence-corrected chi connectivity index (χ2v) is 8.02. The topological polar surface area (TPSA) is 49.6 Å². The van der Waals surface area contributed by atoms with Crippen LogP contribution in [0.2, 0.25) is 0 Å². The van der Waals surface area contributed by atoms with E-state index in [2.05, 4.69) is 9.80 Å². The molecule has 0 atom stereocenters. The van der Waals surface area contributed by atoms with Crippen LogP contribution in [0.5, 0.6) is 0 Å². The van der Waals surface area contributed by atoms with Gasteiger partial charge in [-0.1, -0.05) is 6.42 Å². The molecule has 2 heterocycles. The molecule has 2 aliphatic heterocycles. The lowest BCUT2D eigenvalue weighted by Gasteiger charge is -2.50. The van der Waals surface area contributed by atoms with Gasteiger partial charge in [0.15, 0.2) is 0 Å². The SMILES string of the molecule is NC(=O)c1ccc(N2CCC3(CC2)CCN(C2CCC2)CC3)cc1. The molecule has 1 aliphatic carbocycles. The molecule has 0 aromatic heterocycles. The first-order valence-electron chi connectivity index (χ1n) is 9.54. The minimum Gasteiger partial charge on any atom is -0.371 e. The number of primary amides is 1. The van der Waals surface area contributed by atoms with Crippen LogP contribution in [0.25, 0.3) is 0 Å². The van der Waals surface area contributed by atoms with Gasteiger partial charge in [-0.3, -0.25) is 4.79 Å². The average Bonchev–Trinajstić information content (AvgIpc) is 2.56. The third-order valence-electron chi connectivity index (χ3n) is 6.79. The molecule has 1 aromatic rings. The van der Waals surface area contributed by atoms with Crippen LogP contribution < -0.4 is 10.6 Å². The van der Waals surface area contributed by atoms with Gasteiger partial charge in [0.25, 0.3) is 0 Å². The van der Waals surface area contributed by atoms with Crippen LogP contribution in [0, 0.1) is 5.41 Å². The van der Waals surface area contributed by atoms with Crippen molar-refractivity contribution >= 4 is 11.6 Å². The van der Waals surface area contributed by atoms with Gasteiger partial charge >= 0.3 is 0 Å². The van der Waals surface area contributed by atoms with E-state index >= 15 is 0 Å². The third kappa shape index (κ3) is 3.04. The largest absolute Gasteiger partial charge is 0.371 e. The van der Waals surface area contributed by atoms with Gasteiger partial charge in [0.05, 0.1) is 0 Å². The van der Waals surface area contributed by atoms with Crippen molar-refractivity contribution in [3.63, 3.8) is 0 Å². The van der Waals surface area contributed by atoms with Crippen LogP contribution in [0.1, 0.15) is 55.3 Å². The lowest BCUT2D eigenvalue weighted by Crippen LogP contribution is -2.50. The van der Waals surface area contributed by atoms with E-state index in [0.717, 1.165) is 19.1 Å². The van der Waals surface area contributed by atoms with E-state index in [0.29, 0.717) is 11.0 Å². The molecule has 4 nitrogen and oxygen atoms in total. The number of nitrogens with two attached hydrogens (primary N) is 1. The Morgan fingerprint density at radius 1 is 0.958 bits per heavy atom. The molecule has 4 heteroatoms. The Labute approximate surface area is 145 Å². The summed E-state index contributed by atoms with van der Waals surface area (Å²) in [5, 5.41) is 0. The van der Waals surface area contributed by atoms with Gasteiger partial charge in [-0.15, -0.1) is 0 Å². The molecule has 0 unspecified atom stereocenters. The van der Waals surface area contributed by atoms with Crippen LogP contribution in [0.4, 0.5) is 5.69 Å². The fraction of sp³-hybridized carbons (Fsp3) is 0.650. The number of nitrogens with zero attached hydrogens (tertiary/aromatic N) is 2. The molecule has 1 aromatic carbocycles. The van der Waals surface area contributed by atoms with Gasteiger partial charge < -0.3 is 15.5 Å². The van der Waals surface area contributed by atoms with Crippen molar-refractivity contribution in [1.29, 1.82) is 0 Å². The van der Waals surface area contributed by atoms with Gasteiger partial charge in [0.1, 0.15) is 0 Å². The predicted molar refractivity (Wildman–Crippen MR) is 97.3 cm³/mol. The number of carbonyl (C=O) groups excluding carboxylic acids is 1. The Balaban J connectivity index is 1.32. The number of likely N-dealkylation sites (tertiary alicyclic amines) is 1. The highest BCUT2D eigenvalue weighted by molar-refractivity contribution is 5.93. The Morgan fingerprint density at radius 2 is 1.54 bits per heavy atom. The molecule has 4 rings (SSSR count). The van der Waals surface area contributed by atoms with Gasteiger partial charge in [-0.2, -0.15) is 0 Å². The number of benzene rings is 1. The van der Waals surface area contributed by atoms with Crippen molar-refractivity contribution in [2.45, 2.75) is 51.0 Å². The second kappa shape index (κ2) is 6.40. The summed E-state index contributed by atoms with van der Waals surface area (Å²) in [5.41, 5.74) is 7.73. The zero-order valence-electron chi connectivity index (χ0n) is 14.5. The molecule has 2 N–H and O–H groups in total. The van der Waals surface area contributed by atoms with Crippen molar-refractivity contribution in [3.05, 3.63) is 29.8 Å². The summed E-state index contributed by atoms with van der Waals surface area (Å²) >= 11 is 0. The van der Waals surface area contributed by atoms with Crippen molar-refractivity contribution in [3.8, 4) is 0 Å². The summed E-state index contributed by atoms with van der Waals surface area (Å²) in [4.78, 5) is 16.4. The standard InChI is InChI=1S/C20H29N3O/c21-19(24)16-4-6-18(7-5-16)23-14-10-20(11-15-23)8-12-22(13-9-20)17-2-1-3-17/h4-7,17H,1-3,8-15H2,(H2,21,24). The minimum absolute atomic E-state index is 0.350. The molecule has 1 spiro atoms. The minimum atomic E-state index is -0.350. The number of anilines is 1. The van der Waals surface area contributed by atoms with Crippen LogP contribution >= 0.6 is 0 Å². The molecular formula is C20H29N3O. The number of amides is 1. The molecule has 2 saturated heterocycles. The molecule has 3 aliphatic rings. The van der Waals surface area contributed by atoms with E-state index < -0.39 is 0 Å². The summed E-state index contributed by atoms with van der Waals surface area (Å²) < 4.78 is 0. The Bertz CT molecular complexity index is 575. The van der Waals surface area contributed by atoms with Crippen LogP contribution in [0.3, 0.4) is 0 Å². The summed E-state index contributed by atoms with van der Waals surface area (Å²) in [6.07, 6.45) is 9.70. The van der Waals surface area contributed by atoms with E-state index in [1.54, 1.807) is 0 Å². The summed E-state index contributed by atoms with van der Waals surface area (Å²) in [5.74, 6) is -0.350. The zero-order valence-corrected chi connectivity index (χ0v) is 14.5. The Morgan fingerprint density at radius 3 is 2.04 bits per heavy atom. The number of carbonyl (C=O) groups is 1. The maximum atomic E-state index is 11.2. The van der Waals surface area contributed by atoms with E-state index in [9.17, 15) is 4.79 Å². The zero-order chi connectivity index (χ0) is 16.6. The molecule has 24 heavy (non-hydrogen) atoms. The second-order valence-electron chi connectivity index (χ2n) is 8.02. The number of rotatable bonds is 3. The molecule has 1 saturated carbocycles. The van der Waals surface area contributed by atoms with Gasteiger partial charge in [0, 0.05) is 30.4 Å². The van der Waals surface area contributed by atoms with E-state index in [1.165, 1.54) is 63.7 Å². The normalized spacial score (nSPS) is 24.8. The fourth-order valence-electron chi connectivity index (χ4n) is 4.69. The highest BCUT2D eigenvalue weighted by atomic mass is 16.1. The summed E-state index contributed by atoms with van der Waals surface area (Å²) in [6.45, 7) is 4.91. The smallest absolute Gasteiger partial charge is 0.248 e. The van der Waals surface area contributed by atoms with Crippen LogP contribution in [-0.2, 0) is 0 Å². The number of hydrogen-bond donors (Lipinski definition) is 1. The molecular weight excluding hydrogens is 298 g/mol. The maximum Gasteiger partial charge on any atom is 0.248 e. The van der Waals surface area contributed by atoms with Crippen molar-refractivity contribution in [2.75, 3.05) is 31.1 Å². The quantitative estimate of drug-likeness (QED) is 0.928. The van der Waals surface area contributed by atoms with Crippen molar-refractivity contribution < 1.29 is 4.79 Å². The van der Waals surface area contributed by atoms with Gasteiger partial charge in [-0.05, 0) is 81.3 Å². The highest BCUT2D eigenvalue weighted by Gasteiger charge is 2.39. The van der Waals surface area contributed by atoms with Crippen LogP contribution in [0.15, 0.2) is 24.3 Å². The maximum absolute atomic E-state index is 11.2. The van der Waals surface area contributed by atoms with Gasteiger partial charge in [-0.25, -0.2) is 0 Å². The summed E-state index contributed by atoms with van der Waals surface area (Å²) in [6, 6.07) is 8.68. The van der Waals surface area contributed by atoms with E-state index in [-0.39, 0.29) is 5.91 Å². The Hall–Kier alpha value is -1.55. The number of piperidine rings is 2. The van der Waals surface area contributed by atoms with Gasteiger partial charge in [0.2, 0.25) is 5.91 Å². The number of hydrogen-bond acceptors (Lipinski definition) is 3. The third-order valence-corrected chi connectivity index (χ3v) is 6.79. The Kier molecular flexibility index (Phi) is 4.25. The first-order valence-corrected chi connectivity index (χ1v) is 9.54. The molecule has 0 radical (unpaired) electrons. The first-order chi connectivity index (χ1) is 11.7. The fourth-order valence-corrected chi connectivity index (χ4v) is 4.69. The highest BCUT2D eigenvalue weighted by Crippen LogP contribution is 2.43. The van der Waals surface area contributed by atoms with Crippen molar-refractivity contribution in [2.24, 2.45) is 11.1 Å². The molecule has 1 amide bonds. The van der Waals surface area contributed by atoms with Crippen LogP contribution in [-0.4, -0.2) is 43.0 Å². The van der Waals surface area contributed by atoms with E-state index in [1.807, 2.05) is 24.3 Å². The molecule has 0 bridgehead atoms. The lowest BCUT2D eigenvalue weighted by molar-refractivity contribution is 0.0306. The van der Waals surface area contributed by atoms with E-state index in [4.69, 9.17) is 5.73 Å². The lowest BCUT2D eigenvalue weighted by atomic mass is 9.70. The monoisotopic (exact) mass is 327 g/mol. The molecule has 130 valence electrons. The first kappa shape index (κ1) is 15.9. The van der Waals surface area contributed by atoms with Crippen molar-refractivity contribution in [1.82, 2.24) is 4.90 Å². The average molecular weight is 327 g/mol. The molecule has 3 fully saturated rings. The summed E-state index contributed by atoms with van der Waals surface area (Å²) in [7, 11) is 0.